The van der Waals surface area contributed by atoms with Crippen molar-refractivity contribution in [1.29, 1.82) is 0 Å². The fraction of sp³-hybridized carbons (Fsp3) is 0. The predicted molar refractivity (Wildman–Crippen MR) is 82.9 cm³/mol. The molecule has 1 aromatic heterocycles. The SMILES string of the molecule is Nc1c(-c2ccccc2)cnn1C(=O)Nc1ccccc1. The summed E-state index contributed by atoms with van der Waals surface area (Å²) in [7, 11) is 0. The number of hydrogen-bond donors (Lipinski definition) is 2. The molecule has 0 bridgehead atoms. The van der Waals surface area contributed by atoms with Crippen molar-refractivity contribution in [3.05, 3.63) is 66.9 Å². The van der Waals surface area contributed by atoms with Gasteiger partial charge in [0.05, 0.1) is 6.20 Å². The Hall–Kier alpha value is -3.08. The molecule has 0 radical (unpaired) electrons. The third-order valence-corrected chi connectivity index (χ3v) is 3.11. The van der Waals surface area contributed by atoms with Crippen molar-refractivity contribution < 1.29 is 4.79 Å². The number of nitrogen functional groups attached to an aromatic ring is 1. The number of carbonyl (C=O) groups is 1. The third kappa shape index (κ3) is 2.62. The van der Waals surface area contributed by atoms with Gasteiger partial charge in [0.25, 0.3) is 0 Å². The smallest absolute Gasteiger partial charge is 0.348 e. The second-order valence-electron chi connectivity index (χ2n) is 4.52. The van der Waals surface area contributed by atoms with Gasteiger partial charge in [-0.1, -0.05) is 48.5 Å². The van der Waals surface area contributed by atoms with E-state index in [9.17, 15) is 4.79 Å². The van der Waals surface area contributed by atoms with Gasteiger partial charge >= 0.3 is 6.03 Å². The van der Waals surface area contributed by atoms with Crippen LogP contribution in [0.2, 0.25) is 0 Å². The number of anilines is 2. The summed E-state index contributed by atoms with van der Waals surface area (Å²) in [5, 5.41) is 6.81. The predicted octanol–water partition coefficient (Wildman–Crippen LogP) is 3.21. The molecule has 2 aromatic carbocycles. The van der Waals surface area contributed by atoms with Gasteiger partial charge < -0.3 is 11.1 Å². The molecule has 21 heavy (non-hydrogen) atoms. The van der Waals surface area contributed by atoms with Crippen LogP contribution in [0.1, 0.15) is 0 Å². The Kier molecular flexibility index (Phi) is 3.39. The summed E-state index contributed by atoms with van der Waals surface area (Å²) in [4.78, 5) is 12.2. The minimum absolute atomic E-state index is 0.314. The fourth-order valence-electron chi connectivity index (χ4n) is 2.06. The molecule has 5 nitrogen and oxygen atoms in total. The number of nitrogens with two attached hydrogens (primary N) is 1. The molecule has 0 saturated heterocycles. The summed E-state index contributed by atoms with van der Waals surface area (Å²) in [5.41, 5.74) is 8.38. The lowest BCUT2D eigenvalue weighted by atomic mass is 10.1. The minimum Gasteiger partial charge on any atom is -0.383 e. The largest absolute Gasteiger partial charge is 0.383 e. The highest BCUT2D eigenvalue weighted by Crippen LogP contribution is 2.25. The Morgan fingerprint density at radius 2 is 1.62 bits per heavy atom. The topological polar surface area (TPSA) is 72.9 Å². The highest BCUT2D eigenvalue weighted by Gasteiger charge is 2.14. The monoisotopic (exact) mass is 278 g/mol. The zero-order valence-electron chi connectivity index (χ0n) is 11.2. The van der Waals surface area contributed by atoms with Crippen molar-refractivity contribution in [3.63, 3.8) is 0 Å². The number of nitrogens with zero attached hydrogens (tertiary/aromatic N) is 2. The first-order valence-electron chi connectivity index (χ1n) is 6.51. The van der Waals surface area contributed by atoms with Gasteiger partial charge in [0.2, 0.25) is 0 Å². The van der Waals surface area contributed by atoms with Gasteiger partial charge in [-0.15, -0.1) is 0 Å². The number of amides is 1. The van der Waals surface area contributed by atoms with Crippen LogP contribution in [0.25, 0.3) is 11.1 Å². The zero-order chi connectivity index (χ0) is 14.7. The molecule has 5 heteroatoms. The van der Waals surface area contributed by atoms with Crippen molar-refractivity contribution in [1.82, 2.24) is 9.78 Å². The van der Waals surface area contributed by atoms with Crippen LogP contribution in [-0.2, 0) is 0 Å². The molecule has 0 fully saturated rings. The molecule has 104 valence electrons. The molecule has 0 aliphatic carbocycles. The molecular formula is C16H14N4O. The Morgan fingerprint density at radius 3 is 2.29 bits per heavy atom. The summed E-state index contributed by atoms with van der Waals surface area (Å²) < 4.78 is 1.16. The second-order valence-corrected chi connectivity index (χ2v) is 4.52. The molecule has 3 rings (SSSR count). The van der Waals surface area contributed by atoms with Crippen LogP contribution in [0.15, 0.2) is 66.9 Å². The Bertz CT molecular complexity index is 750. The van der Waals surface area contributed by atoms with Gasteiger partial charge in [-0.3, -0.25) is 0 Å². The van der Waals surface area contributed by atoms with Crippen molar-refractivity contribution in [2.75, 3.05) is 11.1 Å². The summed E-state index contributed by atoms with van der Waals surface area (Å²) in [6.07, 6.45) is 1.59. The number of carbonyl (C=O) groups excluding carboxylic acids is 1. The Morgan fingerprint density at radius 1 is 1.00 bits per heavy atom. The molecule has 0 aliphatic rings. The van der Waals surface area contributed by atoms with Crippen LogP contribution in [0.3, 0.4) is 0 Å². The van der Waals surface area contributed by atoms with E-state index in [-0.39, 0.29) is 6.03 Å². The van der Waals surface area contributed by atoms with Crippen LogP contribution in [0.5, 0.6) is 0 Å². The maximum Gasteiger partial charge on any atom is 0.348 e. The van der Waals surface area contributed by atoms with E-state index in [1.807, 2.05) is 48.5 Å². The van der Waals surface area contributed by atoms with Crippen LogP contribution >= 0.6 is 0 Å². The van der Waals surface area contributed by atoms with E-state index < -0.39 is 0 Å². The summed E-state index contributed by atoms with van der Waals surface area (Å²) in [6.45, 7) is 0. The molecule has 1 amide bonds. The molecule has 0 aliphatic heterocycles. The summed E-state index contributed by atoms with van der Waals surface area (Å²) in [6, 6.07) is 18.4. The number of rotatable bonds is 2. The van der Waals surface area contributed by atoms with Gasteiger partial charge in [0, 0.05) is 11.3 Å². The standard InChI is InChI=1S/C16H14N4O/c17-15-14(12-7-3-1-4-8-12)11-18-20(15)16(21)19-13-9-5-2-6-10-13/h1-11H,17H2,(H,19,21). The number of benzene rings is 2. The van der Waals surface area contributed by atoms with Gasteiger partial charge in [-0.05, 0) is 17.7 Å². The average molecular weight is 278 g/mol. The van der Waals surface area contributed by atoms with E-state index in [1.54, 1.807) is 18.3 Å². The first kappa shape index (κ1) is 12.9. The van der Waals surface area contributed by atoms with E-state index in [4.69, 9.17) is 5.73 Å². The summed E-state index contributed by atoms with van der Waals surface area (Å²) in [5.74, 6) is 0.314. The normalized spacial score (nSPS) is 10.3. The number of aromatic nitrogens is 2. The van der Waals surface area contributed by atoms with E-state index in [0.717, 1.165) is 15.8 Å². The highest BCUT2D eigenvalue weighted by molar-refractivity contribution is 5.94. The molecule has 3 aromatic rings. The Balaban J connectivity index is 1.87. The molecule has 0 atom stereocenters. The van der Waals surface area contributed by atoms with E-state index in [1.165, 1.54) is 0 Å². The fourth-order valence-corrected chi connectivity index (χ4v) is 2.06. The molecule has 1 heterocycles. The van der Waals surface area contributed by atoms with Crippen molar-refractivity contribution >= 4 is 17.5 Å². The van der Waals surface area contributed by atoms with Crippen LogP contribution < -0.4 is 11.1 Å². The average Bonchev–Trinajstić information content (AvgIpc) is 2.91. The lowest BCUT2D eigenvalue weighted by Gasteiger charge is -2.06. The van der Waals surface area contributed by atoms with Gasteiger partial charge in [0.15, 0.2) is 0 Å². The van der Waals surface area contributed by atoms with Crippen molar-refractivity contribution in [2.24, 2.45) is 0 Å². The van der Waals surface area contributed by atoms with Gasteiger partial charge in [0.1, 0.15) is 5.82 Å². The molecule has 0 saturated carbocycles. The van der Waals surface area contributed by atoms with E-state index in [2.05, 4.69) is 10.4 Å². The molecule has 0 spiro atoms. The lowest BCUT2D eigenvalue weighted by molar-refractivity contribution is 0.251. The van der Waals surface area contributed by atoms with E-state index in [0.29, 0.717) is 11.5 Å². The second kappa shape index (κ2) is 5.50. The number of para-hydroxylation sites is 1. The first-order valence-corrected chi connectivity index (χ1v) is 6.51. The minimum atomic E-state index is -0.388. The molecule has 3 N–H and O–H groups in total. The van der Waals surface area contributed by atoms with Crippen molar-refractivity contribution in [2.45, 2.75) is 0 Å². The van der Waals surface area contributed by atoms with E-state index >= 15 is 0 Å². The lowest BCUT2D eigenvalue weighted by Crippen LogP contribution is -2.22. The number of nitrogens with one attached hydrogen (secondary N) is 1. The zero-order valence-corrected chi connectivity index (χ0v) is 11.2. The third-order valence-electron chi connectivity index (χ3n) is 3.11. The van der Waals surface area contributed by atoms with Crippen molar-refractivity contribution in [3.8, 4) is 11.1 Å². The molecular weight excluding hydrogens is 264 g/mol. The van der Waals surface area contributed by atoms with Crippen LogP contribution in [0, 0.1) is 0 Å². The maximum absolute atomic E-state index is 12.2. The Labute approximate surface area is 122 Å². The molecule has 0 unspecified atom stereocenters. The van der Waals surface area contributed by atoms with Crippen LogP contribution in [0.4, 0.5) is 16.3 Å². The first-order chi connectivity index (χ1) is 10.3. The maximum atomic E-state index is 12.2. The quantitative estimate of drug-likeness (QED) is 0.756. The number of hydrogen-bond acceptors (Lipinski definition) is 3. The van der Waals surface area contributed by atoms with Gasteiger partial charge in [-0.2, -0.15) is 9.78 Å². The summed E-state index contributed by atoms with van der Waals surface area (Å²) >= 11 is 0. The van der Waals surface area contributed by atoms with Gasteiger partial charge in [-0.25, -0.2) is 4.79 Å². The highest BCUT2D eigenvalue weighted by atomic mass is 16.2. The van der Waals surface area contributed by atoms with Crippen LogP contribution in [-0.4, -0.2) is 15.8 Å².